The summed E-state index contributed by atoms with van der Waals surface area (Å²) in [6.45, 7) is 7.66. The molecule has 4 heteroatoms. The molecule has 0 spiro atoms. The molecule has 0 amide bonds. The molecule has 0 saturated carbocycles. The zero-order valence-corrected chi connectivity index (χ0v) is 14.3. The predicted octanol–water partition coefficient (Wildman–Crippen LogP) is 3.23. The molecule has 1 N–H and O–H groups in total. The third-order valence-corrected chi connectivity index (χ3v) is 4.65. The summed E-state index contributed by atoms with van der Waals surface area (Å²) in [6, 6.07) is 11.3. The molecule has 1 heterocycles. The summed E-state index contributed by atoms with van der Waals surface area (Å²) in [4.78, 5) is 15.7. The highest BCUT2D eigenvalue weighted by Crippen LogP contribution is 2.18. The Morgan fingerprint density at radius 3 is 2.70 bits per heavy atom. The first-order valence-electron chi connectivity index (χ1n) is 8.91. The number of hydrogen-bond acceptors (Lipinski definition) is 3. The quantitative estimate of drug-likeness (QED) is 0.710. The van der Waals surface area contributed by atoms with Gasteiger partial charge in [0.1, 0.15) is 0 Å². The van der Waals surface area contributed by atoms with Crippen LogP contribution in [0.1, 0.15) is 44.6 Å². The van der Waals surface area contributed by atoms with Crippen molar-refractivity contribution in [2.75, 3.05) is 26.2 Å². The van der Waals surface area contributed by atoms with Gasteiger partial charge >= 0.3 is 5.97 Å². The molecule has 0 bridgehead atoms. The molecule has 1 unspecified atom stereocenters. The van der Waals surface area contributed by atoms with Crippen molar-refractivity contribution in [3.63, 3.8) is 0 Å². The minimum absolute atomic E-state index is 0.298. The van der Waals surface area contributed by atoms with Gasteiger partial charge in [-0.2, -0.15) is 0 Å². The molecule has 23 heavy (non-hydrogen) atoms. The van der Waals surface area contributed by atoms with E-state index in [2.05, 4.69) is 47.1 Å². The lowest BCUT2D eigenvalue weighted by Gasteiger charge is -2.41. The van der Waals surface area contributed by atoms with E-state index in [1.165, 1.54) is 18.4 Å². The molecule has 128 valence electrons. The van der Waals surface area contributed by atoms with Crippen molar-refractivity contribution in [3.05, 3.63) is 35.9 Å². The van der Waals surface area contributed by atoms with Crippen LogP contribution in [0, 0.1) is 0 Å². The van der Waals surface area contributed by atoms with E-state index in [0.717, 1.165) is 45.6 Å². The molecule has 1 aromatic carbocycles. The van der Waals surface area contributed by atoms with E-state index in [1.54, 1.807) is 0 Å². The highest BCUT2D eigenvalue weighted by molar-refractivity contribution is 5.66. The number of benzene rings is 1. The fraction of sp³-hybridized carbons (Fsp3) is 0.632. The molecule has 1 saturated heterocycles. The highest BCUT2D eigenvalue weighted by Gasteiger charge is 2.25. The lowest BCUT2D eigenvalue weighted by Crippen LogP contribution is -2.52. The van der Waals surface area contributed by atoms with Crippen molar-refractivity contribution >= 4 is 5.97 Å². The second kappa shape index (κ2) is 9.68. The maximum Gasteiger partial charge on any atom is 0.303 e. The Bertz CT molecular complexity index is 464. The minimum Gasteiger partial charge on any atom is -0.481 e. The summed E-state index contributed by atoms with van der Waals surface area (Å²) in [5.41, 5.74) is 1.39. The van der Waals surface area contributed by atoms with Gasteiger partial charge < -0.3 is 10.0 Å². The van der Waals surface area contributed by atoms with Crippen LogP contribution < -0.4 is 0 Å². The van der Waals surface area contributed by atoms with E-state index < -0.39 is 5.97 Å². The van der Waals surface area contributed by atoms with E-state index in [0.29, 0.717) is 12.5 Å². The van der Waals surface area contributed by atoms with E-state index >= 15 is 0 Å². The van der Waals surface area contributed by atoms with Gasteiger partial charge in [-0.05, 0) is 31.4 Å². The van der Waals surface area contributed by atoms with Gasteiger partial charge in [0.05, 0.1) is 0 Å². The van der Waals surface area contributed by atoms with Crippen LogP contribution >= 0.6 is 0 Å². The number of carbonyl (C=O) groups is 1. The fourth-order valence-corrected chi connectivity index (χ4v) is 3.41. The number of unbranched alkanes of at least 4 members (excludes halogenated alkanes) is 1. The number of rotatable bonds is 9. The zero-order chi connectivity index (χ0) is 16.5. The fourth-order valence-electron chi connectivity index (χ4n) is 3.41. The predicted molar refractivity (Wildman–Crippen MR) is 93.5 cm³/mol. The van der Waals surface area contributed by atoms with Crippen LogP contribution in [0.3, 0.4) is 0 Å². The maximum atomic E-state index is 10.6. The Labute approximate surface area is 140 Å². The second-order valence-electron chi connectivity index (χ2n) is 6.55. The molecule has 0 aliphatic carbocycles. The number of nitrogens with zero attached hydrogens (tertiary/aromatic N) is 2. The molecule has 4 nitrogen and oxygen atoms in total. The molecule has 1 aliphatic rings. The molecule has 0 radical (unpaired) electrons. The summed E-state index contributed by atoms with van der Waals surface area (Å²) in [5.74, 6) is -0.679. The van der Waals surface area contributed by atoms with Crippen LogP contribution in [0.4, 0.5) is 0 Å². The Balaban J connectivity index is 1.81. The van der Waals surface area contributed by atoms with Crippen molar-refractivity contribution in [3.8, 4) is 0 Å². The molecule has 1 aromatic rings. The van der Waals surface area contributed by atoms with E-state index in [1.807, 2.05) is 0 Å². The van der Waals surface area contributed by atoms with Crippen LogP contribution in [0.2, 0.25) is 0 Å². The van der Waals surface area contributed by atoms with Gasteiger partial charge in [0, 0.05) is 38.6 Å². The third kappa shape index (κ3) is 6.32. The van der Waals surface area contributed by atoms with E-state index in [9.17, 15) is 4.79 Å². The van der Waals surface area contributed by atoms with Crippen molar-refractivity contribution < 1.29 is 9.90 Å². The molecule has 1 fully saturated rings. The minimum atomic E-state index is -0.679. The number of carboxylic acids is 1. The van der Waals surface area contributed by atoms with Crippen molar-refractivity contribution in [2.24, 2.45) is 0 Å². The largest absolute Gasteiger partial charge is 0.481 e. The van der Waals surface area contributed by atoms with Gasteiger partial charge in [-0.15, -0.1) is 0 Å². The zero-order valence-electron chi connectivity index (χ0n) is 14.3. The normalized spacial score (nSPS) is 19.8. The first-order chi connectivity index (χ1) is 11.2. The van der Waals surface area contributed by atoms with Gasteiger partial charge in [0.15, 0.2) is 0 Å². The standard InChI is InChI=1S/C19H30N2O2/c1-2-8-18-16-20(12-7-6-11-19(22)23)13-14-21(18)15-17-9-4-3-5-10-17/h3-5,9-10,18H,2,6-8,11-16H2,1H3,(H,22,23). The summed E-state index contributed by atoms with van der Waals surface area (Å²) < 4.78 is 0. The Kier molecular flexibility index (Phi) is 7.56. The first kappa shape index (κ1) is 18.0. The van der Waals surface area contributed by atoms with Crippen LogP contribution in [0.15, 0.2) is 30.3 Å². The Morgan fingerprint density at radius 1 is 1.22 bits per heavy atom. The molecule has 2 rings (SSSR count). The summed E-state index contributed by atoms with van der Waals surface area (Å²) in [5, 5.41) is 8.72. The molecular formula is C19H30N2O2. The van der Waals surface area contributed by atoms with E-state index in [-0.39, 0.29) is 0 Å². The molecular weight excluding hydrogens is 288 g/mol. The van der Waals surface area contributed by atoms with Gasteiger partial charge in [-0.3, -0.25) is 9.69 Å². The molecule has 0 aromatic heterocycles. The lowest BCUT2D eigenvalue weighted by molar-refractivity contribution is -0.137. The van der Waals surface area contributed by atoms with Gasteiger partial charge in [-0.25, -0.2) is 0 Å². The average molecular weight is 318 g/mol. The monoisotopic (exact) mass is 318 g/mol. The summed E-state index contributed by atoms with van der Waals surface area (Å²) >= 11 is 0. The molecule has 1 atom stereocenters. The summed E-state index contributed by atoms with van der Waals surface area (Å²) in [6.07, 6.45) is 4.52. The van der Waals surface area contributed by atoms with Crippen molar-refractivity contribution in [1.82, 2.24) is 9.80 Å². The summed E-state index contributed by atoms with van der Waals surface area (Å²) in [7, 11) is 0. The van der Waals surface area contributed by atoms with Crippen LogP contribution in [0.25, 0.3) is 0 Å². The van der Waals surface area contributed by atoms with Crippen LogP contribution in [-0.2, 0) is 11.3 Å². The van der Waals surface area contributed by atoms with Gasteiger partial charge in [-0.1, -0.05) is 43.7 Å². The molecule has 1 aliphatic heterocycles. The van der Waals surface area contributed by atoms with Gasteiger partial charge in [0.2, 0.25) is 0 Å². The second-order valence-corrected chi connectivity index (χ2v) is 6.55. The van der Waals surface area contributed by atoms with Crippen molar-refractivity contribution in [1.29, 1.82) is 0 Å². The number of carboxylic acid groups (broad SMARTS) is 1. The van der Waals surface area contributed by atoms with Crippen molar-refractivity contribution in [2.45, 2.75) is 51.6 Å². The maximum absolute atomic E-state index is 10.6. The topological polar surface area (TPSA) is 43.8 Å². The average Bonchev–Trinajstić information content (AvgIpc) is 2.55. The highest BCUT2D eigenvalue weighted by atomic mass is 16.4. The van der Waals surface area contributed by atoms with Crippen LogP contribution in [0.5, 0.6) is 0 Å². The van der Waals surface area contributed by atoms with Gasteiger partial charge in [0.25, 0.3) is 0 Å². The number of piperazine rings is 1. The Morgan fingerprint density at radius 2 is 2.00 bits per heavy atom. The van der Waals surface area contributed by atoms with Crippen LogP contribution in [-0.4, -0.2) is 53.1 Å². The lowest BCUT2D eigenvalue weighted by atomic mass is 10.0. The first-order valence-corrected chi connectivity index (χ1v) is 8.91. The third-order valence-electron chi connectivity index (χ3n) is 4.65. The Hall–Kier alpha value is -1.39. The number of aliphatic carboxylic acids is 1. The smallest absolute Gasteiger partial charge is 0.303 e. The van der Waals surface area contributed by atoms with E-state index in [4.69, 9.17) is 5.11 Å². The SMILES string of the molecule is CCCC1CN(CCCCC(=O)O)CCN1Cc1ccccc1. The number of hydrogen-bond donors (Lipinski definition) is 1.